The van der Waals surface area contributed by atoms with Gasteiger partial charge in [0, 0.05) is 18.3 Å². The molecule has 162 valence electrons. The van der Waals surface area contributed by atoms with Crippen molar-refractivity contribution >= 4 is 23.3 Å². The highest BCUT2D eigenvalue weighted by Crippen LogP contribution is 2.23. The number of aliphatic imine (C=N–C) groups is 1. The van der Waals surface area contributed by atoms with Gasteiger partial charge in [-0.05, 0) is 58.7 Å². The van der Waals surface area contributed by atoms with E-state index in [-0.39, 0.29) is 17.8 Å². The molecule has 8 N–H and O–H groups in total. The molecule has 1 atom stereocenters. The van der Waals surface area contributed by atoms with Crippen molar-refractivity contribution in [1.82, 2.24) is 5.32 Å². The second-order valence-corrected chi connectivity index (χ2v) is 7.77. The number of Topliss-reactive ketones (excluding diaryl/α,β-unsaturated/α-hetero) is 1. The Hall–Kier alpha value is -2.81. The Morgan fingerprint density at radius 2 is 1.90 bits per heavy atom. The Labute approximate surface area is 172 Å². The topological polar surface area (TPSA) is 158 Å². The lowest BCUT2D eigenvalue weighted by molar-refractivity contribution is -0.125. The van der Waals surface area contributed by atoms with E-state index >= 15 is 0 Å². The SMILES string of the molecule is COc1ccc(NC(C)C)cc1C(=O)NC(CCCN=C(N)N)C(=O)C(C)(C)N. The molecule has 0 bridgehead atoms. The first-order chi connectivity index (χ1) is 13.5. The zero-order chi connectivity index (χ0) is 22.2. The third-order valence-corrected chi connectivity index (χ3v) is 4.10. The van der Waals surface area contributed by atoms with E-state index in [1.165, 1.54) is 7.11 Å². The minimum Gasteiger partial charge on any atom is -0.496 e. The number of carbonyl (C=O) groups excluding carboxylic acids is 2. The summed E-state index contributed by atoms with van der Waals surface area (Å²) in [6.07, 6.45) is 0.866. The normalized spacial score (nSPS) is 12.2. The van der Waals surface area contributed by atoms with Crippen LogP contribution in [0.15, 0.2) is 23.2 Å². The average Bonchev–Trinajstić information content (AvgIpc) is 2.61. The smallest absolute Gasteiger partial charge is 0.255 e. The number of nitrogens with one attached hydrogen (secondary N) is 2. The lowest BCUT2D eigenvalue weighted by Gasteiger charge is -2.25. The molecule has 1 aromatic rings. The van der Waals surface area contributed by atoms with Crippen LogP contribution in [-0.4, -0.2) is 48.9 Å². The summed E-state index contributed by atoms with van der Waals surface area (Å²) in [5, 5.41) is 6.04. The molecule has 0 aliphatic rings. The molecule has 0 radical (unpaired) electrons. The monoisotopic (exact) mass is 406 g/mol. The van der Waals surface area contributed by atoms with Crippen LogP contribution in [0.3, 0.4) is 0 Å². The Balaban J connectivity index is 3.06. The fourth-order valence-corrected chi connectivity index (χ4v) is 2.77. The maximum absolute atomic E-state index is 13.0. The number of ether oxygens (including phenoxy) is 1. The number of nitrogens with zero attached hydrogens (tertiary/aromatic N) is 1. The second-order valence-electron chi connectivity index (χ2n) is 7.77. The van der Waals surface area contributed by atoms with Crippen LogP contribution < -0.4 is 32.6 Å². The number of anilines is 1. The first-order valence-electron chi connectivity index (χ1n) is 9.59. The molecule has 0 spiro atoms. The molecule has 0 saturated carbocycles. The van der Waals surface area contributed by atoms with Gasteiger partial charge in [0.05, 0.1) is 24.3 Å². The van der Waals surface area contributed by atoms with Crippen molar-refractivity contribution in [2.75, 3.05) is 19.0 Å². The lowest BCUT2D eigenvalue weighted by Crippen LogP contribution is -2.53. The molecule has 1 amide bonds. The standard InChI is InChI=1S/C20H34N6O3/c1-12(2)25-13-8-9-16(29-5)14(11-13)18(28)26-15(17(27)20(3,4)23)7-6-10-24-19(21)22/h8-9,11-12,15,25H,6-7,10,23H2,1-5H3,(H,26,28)(H4,21,22,24). The van der Waals surface area contributed by atoms with Crippen molar-refractivity contribution in [1.29, 1.82) is 0 Å². The van der Waals surface area contributed by atoms with Gasteiger partial charge in [0.15, 0.2) is 11.7 Å². The van der Waals surface area contributed by atoms with E-state index in [1.807, 2.05) is 19.9 Å². The van der Waals surface area contributed by atoms with Crippen LogP contribution in [0.2, 0.25) is 0 Å². The highest BCUT2D eigenvalue weighted by atomic mass is 16.5. The number of methoxy groups -OCH3 is 1. The zero-order valence-electron chi connectivity index (χ0n) is 17.9. The van der Waals surface area contributed by atoms with Gasteiger partial charge in [-0.1, -0.05) is 0 Å². The van der Waals surface area contributed by atoms with Gasteiger partial charge in [0.1, 0.15) is 5.75 Å². The molecule has 0 aliphatic carbocycles. The summed E-state index contributed by atoms with van der Waals surface area (Å²) >= 11 is 0. The second kappa shape index (κ2) is 10.7. The lowest BCUT2D eigenvalue weighted by atomic mass is 9.91. The Morgan fingerprint density at radius 1 is 1.24 bits per heavy atom. The van der Waals surface area contributed by atoms with Crippen LogP contribution in [0.25, 0.3) is 0 Å². The largest absolute Gasteiger partial charge is 0.496 e. The van der Waals surface area contributed by atoms with Gasteiger partial charge in [-0.25, -0.2) is 0 Å². The van der Waals surface area contributed by atoms with Crippen molar-refractivity contribution in [2.24, 2.45) is 22.2 Å². The summed E-state index contributed by atoms with van der Waals surface area (Å²) < 4.78 is 5.32. The molecule has 29 heavy (non-hydrogen) atoms. The van der Waals surface area contributed by atoms with Crippen molar-refractivity contribution in [2.45, 2.75) is 58.2 Å². The fraction of sp³-hybridized carbons (Fsp3) is 0.550. The molecule has 1 rings (SSSR count). The summed E-state index contributed by atoms with van der Waals surface area (Å²) in [4.78, 5) is 29.6. The molecule has 9 heteroatoms. The maximum atomic E-state index is 13.0. The van der Waals surface area contributed by atoms with E-state index in [4.69, 9.17) is 21.9 Å². The van der Waals surface area contributed by atoms with Gasteiger partial charge >= 0.3 is 0 Å². The van der Waals surface area contributed by atoms with Crippen LogP contribution >= 0.6 is 0 Å². The van der Waals surface area contributed by atoms with Gasteiger partial charge in [-0.2, -0.15) is 0 Å². The molecule has 1 aromatic carbocycles. The molecule has 1 unspecified atom stereocenters. The van der Waals surface area contributed by atoms with Crippen molar-refractivity contribution < 1.29 is 14.3 Å². The molecule has 0 saturated heterocycles. The molecule has 9 nitrogen and oxygen atoms in total. The molecule has 0 aromatic heterocycles. The number of rotatable bonds is 11. The number of nitrogens with two attached hydrogens (primary N) is 3. The Kier molecular flexibility index (Phi) is 8.90. The van der Waals surface area contributed by atoms with E-state index in [0.29, 0.717) is 30.7 Å². The molecular formula is C20H34N6O3. The van der Waals surface area contributed by atoms with E-state index in [0.717, 1.165) is 5.69 Å². The predicted octanol–water partition coefficient (Wildman–Crippen LogP) is 0.974. The van der Waals surface area contributed by atoms with Crippen LogP contribution in [0.1, 0.15) is 50.9 Å². The minimum atomic E-state index is -1.10. The van der Waals surface area contributed by atoms with Gasteiger partial charge in [0.2, 0.25) is 0 Å². The molecule has 0 heterocycles. The first-order valence-corrected chi connectivity index (χ1v) is 9.59. The molecule has 0 aliphatic heterocycles. The van der Waals surface area contributed by atoms with Crippen LogP contribution in [0, 0.1) is 0 Å². The maximum Gasteiger partial charge on any atom is 0.255 e. The number of amides is 1. The summed E-state index contributed by atoms with van der Waals surface area (Å²) in [7, 11) is 1.49. The van der Waals surface area contributed by atoms with Gasteiger partial charge in [-0.15, -0.1) is 0 Å². The van der Waals surface area contributed by atoms with Gasteiger partial charge in [0.25, 0.3) is 5.91 Å². The number of hydrogen-bond acceptors (Lipinski definition) is 6. The quantitative estimate of drug-likeness (QED) is 0.208. The summed E-state index contributed by atoms with van der Waals surface area (Å²) in [6, 6.07) is 4.66. The third-order valence-electron chi connectivity index (χ3n) is 4.10. The van der Waals surface area contributed by atoms with Crippen LogP contribution in [-0.2, 0) is 4.79 Å². The predicted molar refractivity (Wildman–Crippen MR) is 116 cm³/mol. The molecule has 0 fully saturated rings. The number of carbonyl (C=O) groups is 2. The summed E-state index contributed by atoms with van der Waals surface area (Å²) in [5.41, 5.74) is 16.6. The number of hydrogen-bond donors (Lipinski definition) is 5. The van der Waals surface area contributed by atoms with Crippen LogP contribution in [0.4, 0.5) is 5.69 Å². The average molecular weight is 407 g/mol. The number of benzene rings is 1. The van der Waals surface area contributed by atoms with Gasteiger partial charge < -0.3 is 32.6 Å². The number of ketones is 1. The highest BCUT2D eigenvalue weighted by molar-refractivity contribution is 6.02. The Bertz CT molecular complexity index is 736. The fourth-order valence-electron chi connectivity index (χ4n) is 2.77. The minimum absolute atomic E-state index is 0.0183. The summed E-state index contributed by atoms with van der Waals surface area (Å²) in [6.45, 7) is 7.57. The first kappa shape index (κ1) is 24.2. The van der Waals surface area contributed by atoms with Crippen LogP contribution in [0.5, 0.6) is 5.75 Å². The Morgan fingerprint density at radius 3 is 2.41 bits per heavy atom. The van der Waals surface area contributed by atoms with Gasteiger partial charge in [-0.3, -0.25) is 14.6 Å². The third kappa shape index (κ3) is 7.98. The molecular weight excluding hydrogens is 372 g/mol. The van der Waals surface area contributed by atoms with E-state index in [2.05, 4.69) is 15.6 Å². The van der Waals surface area contributed by atoms with Crippen molar-refractivity contribution in [3.05, 3.63) is 23.8 Å². The number of guanidine groups is 1. The summed E-state index contributed by atoms with van der Waals surface area (Å²) in [5.74, 6) is -0.296. The van der Waals surface area contributed by atoms with E-state index in [9.17, 15) is 9.59 Å². The highest BCUT2D eigenvalue weighted by Gasteiger charge is 2.31. The van der Waals surface area contributed by atoms with Crippen molar-refractivity contribution in [3.8, 4) is 5.75 Å². The van der Waals surface area contributed by atoms with Crippen molar-refractivity contribution in [3.63, 3.8) is 0 Å². The van der Waals surface area contributed by atoms with E-state index < -0.39 is 17.5 Å². The zero-order valence-corrected chi connectivity index (χ0v) is 17.9. The van der Waals surface area contributed by atoms with E-state index in [1.54, 1.807) is 26.0 Å².